The van der Waals surface area contributed by atoms with E-state index in [0.717, 1.165) is 42.9 Å². The molecule has 174 valence electrons. The number of benzene rings is 2. The van der Waals surface area contributed by atoms with Gasteiger partial charge >= 0.3 is 5.97 Å². The van der Waals surface area contributed by atoms with Gasteiger partial charge in [0.1, 0.15) is 11.5 Å². The molecule has 4 nitrogen and oxygen atoms in total. The molecule has 0 spiro atoms. The van der Waals surface area contributed by atoms with Crippen molar-refractivity contribution in [3.8, 4) is 11.5 Å². The van der Waals surface area contributed by atoms with E-state index in [-0.39, 0.29) is 11.4 Å². The Labute approximate surface area is 197 Å². The minimum Gasteiger partial charge on any atom is -0.497 e. The lowest BCUT2D eigenvalue weighted by atomic mass is 9.68. The zero-order valence-electron chi connectivity index (χ0n) is 19.8. The van der Waals surface area contributed by atoms with Crippen molar-refractivity contribution in [1.82, 2.24) is 0 Å². The van der Waals surface area contributed by atoms with Crippen LogP contribution in [-0.2, 0) is 14.9 Å². The number of esters is 1. The number of unbranched alkanes of at least 4 members (excludes halogenated alkanes) is 4. The van der Waals surface area contributed by atoms with Gasteiger partial charge in [-0.3, -0.25) is 4.79 Å². The van der Waals surface area contributed by atoms with Crippen LogP contribution < -0.4 is 9.47 Å². The summed E-state index contributed by atoms with van der Waals surface area (Å²) in [6.07, 6.45) is 7.21. The first kappa shape index (κ1) is 24.5. The van der Waals surface area contributed by atoms with Crippen LogP contribution in [0.1, 0.15) is 68.9 Å². The Hall–Kier alpha value is -2.14. The van der Waals surface area contributed by atoms with Crippen molar-refractivity contribution in [3.63, 3.8) is 0 Å². The fourth-order valence-corrected chi connectivity index (χ4v) is 6.11. The quantitative estimate of drug-likeness (QED) is 0.276. The van der Waals surface area contributed by atoms with Crippen LogP contribution >= 0.6 is 11.8 Å². The van der Waals surface area contributed by atoms with E-state index in [0.29, 0.717) is 12.3 Å². The number of carbonyl (C=O) groups is 1. The Balaban J connectivity index is 1.72. The molecule has 1 aliphatic heterocycles. The number of thioether (sulfide) groups is 1. The standard InChI is InChI=1S/C27H36O4S/c1-27(20-12-14-21(29-2)15-13-20)19-32-25-18-22(30-3)16-17-23(25)24(27)10-8-6-5-7-9-11-26(28)31-4/h12-18,24H,5-11,19H2,1-4H3. The van der Waals surface area contributed by atoms with Gasteiger partial charge in [-0.25, -0.2) is 0 Å². The number of methoxy groups -OCH3 is 3. The molecule has 0 saturated carbocycles. The van der Waals surface area contributed by atoms with Crippen LogP contribution in [0, 0.1) is 0 Å². The monoisotopic (exact) mass is 456 g/mol. The summed E-state index contributed by atoms with van der Waals surface area (Å²) in [5.41, 5.74) is 2.87. The van der Waals surface area contributed by atoms with E-state index in [1.165, 1.54) is 36.0 Å². The lowest BCUT2D eigenvalue weighted by molar-refractivity contribution is -0.140. The first-order valence-electron chi connectivity index (χ1n) is 11.5. The summed E-state index contributed by atoms with van der Waals surface area (Å²) in [7, 11) is 4.90. The normalized spacial score (nSPS) is 19.8. The molecule has 1 heterocycles. The molecule has 3 rings (SSSR count). The predicted molar refractivity (Wildman–Crippen MR) is 131 cm³/mol. The van der Waals surface area contributed by atoms with E-state index in [2.05, 4.69) is 49.4 Å². The maximum atomic E-state index is 11.3. The Morgan fingerprint density at radius 2 is 1.59 bits per heavy atom. The Kier molecular flexibility index (Phi) is 8.92. The third kappa shape index (κ3) is 5.80. The Bertz CT molecular complexity index is 880. The summed E-state index contributed by atoms with van der Waals surface area (Å²) >= 11 is 1.93. The third-order valence-corrected chi connectivity index (χ3v) is 8.15. The van der Waals surface area contributed by atoms with Gasteiger partial charge in [-0.1, -0.05) is 50.8 Å². The second-order valence-corrected chi connectivity index (χ2v) is 9.79. The molecule has 32 heavy (non-hydrogen) atoms. The summed E-state index contributed by atoms with van der Waals surface area (Å²) < 4.78 is 15.6. The first-order chi connectivity index (χ1) is 15.5. The van der Waals surface area contributed by atoms with Gasteiger partial charge in [0.05, 0.1) is 21.3 Å². The van der Waals surface area contributed by atoms with Crippen molar-refractivity contribution < 1.29 is 19.0 Å². The molecule has 2 unspecified atom stereocenters. The lowest BCUT2D eigenvalue weighted by Gasteiger charge is -2.43. The summed E-state index contributed by atoms with van der Waals surface area (Å²) in [6.45, 7) is 2.41. The number of rotatable bonds is 11. The van der Waals surface area contributed by atoms with Crippen molar-refractivity contribution in [2.45, 2.75) is 68.1 Å². The molecule has 0 N–H and O–H groups in total. The second-order valence-electron chi connectivity index (χ2n) is 8.77. The van der Waals surface area contributed by atoms with E-state index < -0.39 is 0 Å². The summed E-state index contributed by atoms with van der Waals surface area (Å²) in [6, 6.07) is 15.2. The largest absolute Gasteiger partial charge is 0.497 e. The molecule has 2 aromatic rings. The van der Waals surface area contributed by atoms with E-state index in [4.69, 9.17) is 14.2 Å². The molecule has 0 saturated heterocycles. The van der Waals surface area contributed by atoms with Crippen molar-refractivity contribution >= 4 is 17.7 Å². The number of ether oxygens (including phenoxy) is 3. The van der Waals surface area contributed by atoms with E-state index >= 15 is 0 Å². The van der Waals surface area contributed by atoms with Crippen molar-refractivity contribution in [2.24, 2.45) is 0 Å². The van der Waals surface area contributed by atoms with Gasteiger partial charge in [-0.2, -0.15) is 0 Å². The topological polar surface area (TPSA) is 44.8 Å². The minimum atomic E-state index is -0.105. The van der Waals surface area contributed by atoms with E-state index in [9.17, 15) is 4.79 Å². The predicted octanol–water partition coefficient (Wildman–Crippen LogP) is 6.75. The molecular formula is C27H36O4S. The van der Waals surface area contributed by atoms with E-state index in [1.54, 1.807) is 14.2 Å². The Morgan fingerprint density at radius 3 is 2.28 bits per heavy atom. The summed E-state index contributed by atoms with van der Waals surface area (Å²) in [5, 5.41) is 0. The number of carbonyl (C=O) groups excluding carboxylic acids is 1. The molecule has 0 bridgehead atoms. The first-order valence-corrected chi connectivity index (χ1v) is 12.5. The zero-order chi connectivity index (χ0) is 23.0. The van der Waals surface area contributed by atoms with Crippen LogP contribution in [0.25, 0.3) is 0 Å². The van der Waals surface area contributed by atoms with Crippen LogP contribution in [0.4, 0.5) is 0 Å². The molecular weight excluding hydrogens is 420 g/mol. The summed E-state index contributed by atoms with van der Waals surface area (Å²) in [5.74, 6) is 3.21. The highest BCUT2D eigenvalue weighted by molar-refractivity contribution is 7.99. The van der Waals surface area contributed by atoms with Crippen LogP contribution in [0.5, 0.6) is 11.5 Å². The highest BCUT2D eigenvalue weighted by Crippen LogP contribution is 2.52. The molecule has 5 heteroatoms. The van der Waals surface area contributed by atoms with Crippen LogP contribution in [0.2, 0.25) is 0 Å². The fourth-order valence-electron chi connectivity index (χ4n) is 4.71. The highest BCUT2D eigenvalue weighted by Gasteiger charge is 2.41. The summed E-state index contributed by atoms with van der Waals surface area (Å²) in [4.78, 5) is 12.6. The Morgan fingerprint density at radius 1 is 0.938 bits per heavy atom. The molecule has 2 aromatic carbocycles. The van der Waals surface area contributed by atoms with Gasteiger partial charge in [0.15, 0.2) is 0 Å². The molecule has 0 aromatic heterocycles. The maximum Gasteiger partial charge on any atom is 0.305 e. The molecule has 1 aliphatic rings. The van der Waals surface area contributed by atoms with Gasteiger partial charge in [0.2, 0.25) is 0 Å². The fraction of sp³-hybridized carbons (Fsp3) is 0.519. The minimum absolute atomic E-state index is 0.0589. The van der Waals surface area contributed by atoms with Crippen LogP contribution in [0.3, 0.4) is 0 Å². The molecule has 0 amide bonds. The van der Waals surface area contributed by atoms with Gasteiger partial charge in [-0.15, -0.1) is 11.8 Å². The zero-order valence-corrected chi connectivity index (χ0v) is 20.6. The maximum absolute atomic E-state index is 11.3. The highest BCUT2D eigenvalue weighted by atomic mass is 32.2. The second kappa shape index (κ2) is 11.6. The molecule has 0 fully saturated rings. The number of fused-ring (bicyclic) bond motifs is 1. The van der Waals surface area contributed by atoms with Crippen LogP contribution in [-0.4, -0.2) is 33.1 Å². The van der Waals surface area contributed by atoms with Gasteiger partial charge < -0.3 is 14.2 Å². The SMILES string of the molecule is COC(=O)CCCCCCCC1c2ccc(OC)cc2SCC1(C)c1ccc(OC)cc1. The molecule has 0 radical (unpaired) electrons. The number of hydrogen-bond donors (Lipinski definition) is 0. The van der Waals surface area contributed by atoms with Gasteiger partial charge in [0, 0.05) is 22.5 Å². The van der Waals surface area contributed by atoms with Gasteiger partial charge in [-0.05, 0) is 54.2 Å². The third-order valence-electron chi connectivity index (χ3n) is 6.74. The average molecular weight is 457 g/mol. The lowest BCUT2D eigenvalue weighted by Crippen LogP contribution is -2.36. The van der Waals surface area contributed by atoms with Crippen molar-refractivity contribution in [2.75, 3.05) is 27.1 Å². The van der Waals surface area contributed by atoms with Crippen molar-refractivity contribution in [1.29, 1.82) is 0 Å². The van der Waals surface area contributed by atoms with E-state index in [1.807, 2.05) is 11.8 Å². The van der Waals surface area contributed by atoms with Gasteiger partial charge in [0.25, 0.3) is 0 Å². The molecule has 2 atom stereocenters. The molecule has 0 aliphatic carbocycles. The van der Waals surface area contributed by atoms with Crippen LogP contribution in [0.15, 0.2) is 47.4 Å². The average Bonchev–Trinajstić information content (AvgIpc) is 2.84. The smallest absolute Gasteiger partial charge is 0.305 e. The van der Waals surface area contributed by atoms with Crippen molar-refractivity contribution in [3.05, 3.63) is 53.6 Å². The number of hydrogen-bond acceptors (Lipinski definition) is 5.